The Hall–Kier alpha value is -2.11. The van der Waals surface area contributed by atoms with Gasteiger partial charge in [-0.15, -0.1) is 0 Å². The molecule has 22 heavy (non-hydrogen) atoms. The maximum absolute atomic E-state index is 11.0. The zero-order chi connectivity index (χ0) is 16.3. The molecular weight excluding hydrogens is 325 g/mol. The van der Waals surface area contributed by atoms with Crippen molar-refractivity contribution in [3.05, 3.63) is 67.7 Å². The van der Waals surface area contributed by atoms with E-state index in [2.05, 4.69) is 10.5 Å². The van der Waals surface area contributed by atoms with Gasteiger partial charge in [-0.05, 0) is 32.0 Å². The number of benzene rings is 2. The first-order chi connectivity index (χ1) is 10.4. The summed E-state index contributed by atoms with van der Waals surface area (Å²) in [6.45, 7) is 3.46. The number of hydrogen-bond acceptors (Lipinski definition) is 4. The molecular formula is C15H13Cl2N3O2. The van der Waals surface area contributed by atoms with Crippen LogP contribution in [0.3, 0.4) is 0 Å². The molecule has 0 radical (unpaired) electrons. The van der Waals surface area contributed by atoms with Crippen LogP contribution in [0.1, 0.15) is 18.1 Å². The predicted octanol–water partition coefficient (Wildman–Crippen LogP) is 5.05. The van der Waals surface area contributed by atoms with E-state index in [4.69, 9.17) is 23.2 Å². The van der Waals surface area contributed by atoms with Crippen molar-refractivity contribution in [3.8, 4) is 0 Å². The lowest BCUT2D eigenvalue weighted by Gasteiger charge is -2.06. The molecule has 7 heteroatoms. The molecule has 114 valence electrons. The van der Waals surface area contributed by atoms with Gasteiger partial charge in [0.25, 0.3) is 5.69 Å². The summed E-state index contributed by atoms with van der Waals surface area (Å²) in [7, 11) is 0. The van der Waals surface area contributed by atoms with Crippen molar-refractivity contribution in [2.75, 3.05) is 5.43 Å². The largest absolute Gasteiger partial charge is 0.278 e. The topological polar surface area (TPSA) is 67.5 Å². The lowest BCUT2D eigenvalue weighted by atomic mass is 10.1. The fraction of sp³-hybridized carbons (Fsp3) is 0.133. The summed E-state index contributed by atoms with van der Waals surface area (Å²) in [6.07, 6.45) is 0. The van der Waals surface area contributed by atoms with E-state index >= 15 is 0 Å². The van der Waals surface area contributed by atoms with Crippen LogP contribution >= 0.6 is 23.2 Å². The Morgan fingerprint density at radius 2 is 1.91 bits per heavy atom. The average molecular weight is 338 g/mol. The average Bonchev–Trinajstić information content (AvgIpc) is 2.48. The highest BCUT2D eigenvalue weighted by Gasteiger charge is 2.12. The highest BCUT2D eigenvalue weighted by molar-refractivity contribution is 6.42. The van der Waals surface area contributed by atoms with Gasteiger partial charge in [0, 0.05) is 17.2 Å². The summed E-state index contributed by atoms with van der Waals surface area (Å²) in [5.41, 5.74) is 5.50. The van der Waals surface area contributed by atoms with E-state index in [1.54, 1.807) is 44.2 Å². The Morgan fingerprint density at radius 1 is 1.18 bits per heavy atom. The maximum atomic E-state index is 11.0. The van der Waals surface area contributed by atoms with Crippen LogP contribution in [0.4, 0.5) is 11.4 Å². The molecule has 0 spiro atoms. The zero-order valence-electron chi connectivity index (χ0n) is 11.9. The normalized spacial score (nSPS) is 11.4. The van der Waals surface area contributed by atoms with Crippen molar-refractivity contribution in [2.24, 2.45) is 5.10 Å². The van der Waals surface area contributed by atoms with Crippen LogP contribution in [0.2, 0.25) is 10.0 Å². The fourth-order valence-corrected chi connectivity index (χ4v) is 2.11. The molecule has 0 bridgehead atoms. The molecule has 0 aliphatic rings. The highest BCUT2D eigenvalue weighted by Crippen LogP contribution is 2.25. The molecule has 1 N–H and O–H groups in total. The summed E-state index contributed by atoms with van der Waals surface area (Å²) in [4.78, 5) is 10.6. The number of anilines is 1. The highest BCUT2D eigenvalue weighted by atomic mass is 35.5. The molecule has 5 nitrogen and oxygen atoms in total. The van der Waals surface area contributed by atoms with Crippen LogP contribution in [0.25, 0.3) is 0 Å². The number of hydrazone groups is 1. The molecule has 2 aromatic carbocycles. The second kappa shape index (κ2) is 6.77. The zero-order valence-corrected chi connectivity index (χ0v) is 13.4. The van der Waals surface area contributed by atoms with Gasteiger partial charge in [0.2, 0.25) is 0 Å². The Labute approximate surface area is 137 Å². The maximum Gasteiger partial charge on any atom is 0.272 e. The Kier molecular flexibility index (Phi) is 5.00. The van der Waals surface area contributed by atoms with Crippen molar-refractivity contribution < 1.29 is 4.92 Å². The molecule has 0 saturated heterocycles. The summed E-state index contributed by atoms with van der Waals surface area (Å²) in [5.74, 6) is 0. The number of aryl methyl sites for hydroxylation is 1. The number of nitrogens with zero attached hydrogens (tertiary/aromatic N) is 2. The molecule has 0 unspecified atom stereocenters. The lowest BCUT2D eigenvalue weighted by molar-refractivity contribution is -0.385. The third-order valence-electron chi connectivity index (χ3n) is 3.10. The van der Waals surface area contributed by atoms with Crippen LogP contribution in [0.15, 0.2) is 41.5 Å². The van der Waals surface area contributed by atoms with Crippen LogP contribution in [0.5, 0.6) is 0 Å². The van der Waals surface area contributed by atoms with Crippen molar-refractivity contribution in [2.45, 2.75) is 13.8 Å². The fourth-order valence-electron chi connectivity index (χ4n) is 1.81. The minimum atomic E-state index is -0.404. The first kappa shape index (κ1) is 16.3. The van der Waals surface area contributed by atoms with E-state index in [1.807, 2.05) is 0 Å². The quantitative estimate of drug-likeness (QED) is 0.482. The molecule has 2 rings (SSSR count). The van der Waals surface area contributed by atoms with Gasteiger partial charge in [-0.2, -0.15) is 5.10 Å². The van der Waals surface area contributed by atoms with Crippen LogP contribution in [0, 0.1) is 17.0 Å². The molecule has 0 aliphatic carbocycles. The van der Waals surface area contributed by atoms with E-state index in [0.29, 0.717) is 32.6 Å². The standard InChI is InChI=1S/C15H13Cl2N3O2/c1-9-3-4-11(7-15(9)20(21)22)10(2)18-19-12-5-6-13(16)14(17)8-12/h3-8,19H,1-2H3/b18-10-. The Bertz CT molecular complexity index is 760. The van der Waals surface area contributed by atoms with Gasteiger partial charge in [0.15, 0.2) is 0 Å². The molecule has 0 aromatic heterocycles. The molecule has 0 atom stereocenters. The molecule has 0 amide bonds. The number of rotatable bonds is 4. The van der Waals surface area contributed by atoms with Crippen LogP contribution in [-0.4, -0.2) is 10.6 Å². The van der Waals surface area contributed by atoms with Crippen molar-refractivity contribution in [1.29, 1.82) is 0 Å². The monoisotopic (exact) mass is 337 g/mol. The van der Waals surface area contributed by atoms with E-state index < -0.39 is 4.92 Å². The van der Waals surface area contributed by atoms with Crippen molar-refractivity contribution >= 4 is 40.3 Å². The van der Waals surface area contributed by atoms with Crippen LogP contribution < -0.4 is 5.43 Å². The van der Waals surface area contributed by atoms with Gasteiger partial charge >= 0.3 is 0 Å². The summed E-state index contributed by atoms with van der Waals surface area (Å²) in [5, 5.41) is 16.1. The first-order valence-electron chi connectivity index (χ1n) is 6.39. The van der Waals surface area contributed by atoms with Crippen molar-refractivity contribution in [3.63, 3.8) is 0 Å². The van der Waals surface area contributed by atoms with Gasteiger partial charge < -0.3 is 0 Å². The number of hydrogen-bond donors (Lipinski definition) is 1. The predicted molar refractivity (Wildman–Crippen MR) is 90.1 cm³/mol. The van der Waals surface area contributed by atoms with Gasteiger partial charge in [-0.25, -0.2) is 0 Å². The summed E-state index contributed by atoms with van der Waals surface area (Å²) < 4.78 is 0. The number of nitro benzene ring substituents is 1. The minimum Gasteiger partial charge on any atom is -0.278 e. The van der Waals surface area contributed by atoms with Gasteiger partial charge in [0.1, 0.15) is 0 Å². The number of halogens is 2. The second-order valence-electron chi connectivity index (χ2n) is 4.70. The Balaban J connectivity index is 2.23. The van der Waals surface area contributed by atoms with Gasteiger partial charge in [-0.1, -0.05) is 35.3 Å². The summed E-state index contributed by atoms with van der Waals surface area (Å²) in [6, 6.07) is 10.0. The third-order valence-corrected chi connectivity index (χ3v) is 3.83. The Morgan fingerprint density at radius 3 is 2.55 bits per heavy atom. The van der Waals surface area contributed by atoms with Crippen molar-refractivity contribution in [1.82, 2.24) is 0 Å². The van der Waals surface area contributed by atoms with Crippen LogP contribution in [-0.2, 0) is 0 Å². The summed E-state index contributed by atoms with van der Waals surface area (Å²) >= 11 is 11.8. The molecule has 0 saturated carbocycles. The number of nitro groups is 1. The minimum absolute atomic E-state index is 0.0709. The smallest absolute Gasteiger partial charge is 0.272 e. The second-order valence-corrected chi connectivity index (χ2v) is 5.51. The van der Waals surface area contributed by atoms with E-state index in [9.17, 15) is 10.1 Å². The van der Waals surface area contributed by atoms with Gasteiger partial charge in [-0.3, -0.25) is 15.5 Å². The first-order valence-corrected chi connectivity index (χ1v) is 7.15. The number of nitrogens with one attached hydrogen (secondary N) is 1. The van der Waals surface area contributed by atoms with E-state index in [1.165, 1.54) is 6.07 Å². The lowest BCUT2D eigenvalue weighted by Crippen LogP contribution is -2.01. The molecule has 0 heterocycles. The SMILES string of the molecule is C/C(=N/Nc1ccc(Cl)c(Cl)c1)c1ccc(C)c([N+](=O)[O-])c1. The van der Waals surface area contributed by atoms with E-state index in [0.717, 1.165) is 0 Å². The third kappa shape index (κ3) is 3.75. The molecule has 0 aliphatic heterocycles. The molecule has 0 fully saturated rings. The molecule has 2 aromatic rings. The van der Waals surface area contributed by atoms with E-state index in [-0.39, 0.29) is 5.69 Å². The van der Waals surface area contributed by atoms with Gasteiger partial charge in [0.05, 0.1) is 26.4 Å².